The van der Waals surface area contributed by atoms with Crippen molar-refractivity contribution in [3.05, 3.63) is 35.6 Å². The molecule has 1 fully saturated rings. The van der Waals surface area contributed by atoms with Crippen LogP contribution < -0.4 is 5.32 Å². The van der Waals surface area contributed by atoms with E-state index in [-0.39, 0.29) is 24.2 Å². The predicted molar refractivity (Wildman–Crippen MR) is 72.9 cm³/mol. The molecule has 19 heavy (non-hydrogen) atoms. The molecule has 1 aromatic rings. The van der Waals surface area contributed by atoms with E-state index in [0.717, 1.165) is 25.7 Å². The Morgan fingerprint density at radius 2 is 2.00 bits per heavy atom. The molecule has 0 atom stereocenters. The molecule has 2 nitrogen and oxygen atoms in total. The average Bonchev–Trinajstić information content (AvgIpc) is 2.46. The molecule has 0 radical (unpaired) electrons. The van der Waals surface area contributed by atoms with E-state index >= 15 is 0 Å². The minimum atomic E-state index is -0.325. The van der Waals surface area contributed by atoms with Crippen LogP contribution >= 0.6 is 0 Å². The first-order valence-corrected chi connectivity index (χ1v) is 6.78. The number of nitrogens with one attached hydrogen (secondary N) is 1. The molecule has 0 aromatic heterocycles. The van der Waals surface area contributed by atoms with Crippen LogP contribution in [0.1, 0.15) is 37.7 Å². The first kappa shape index (κ1) is 13.6. The number of hydrogen-bond donors (Lipinski definition) is 1. The van der Waals surface area contributed by atoms with Crippen LogP contribution in [0, 0.1) is 23.6 Å². The summed E-state index contributed by atoms with van der Waals surface area (Å²) >= 11 is 0. The van der Waals surface area contributed by atoms with Crippen LogP contribution in [0.2, 0.25) is 0 Å². The van der Waals surface area contributed by atoms with Gasteiger partial charge in [-0.3, -0.25) is 4.79 Å². The van der Waals surface area contributed by atoms with Gasteiger partial charge in [-0.05, 0) is 25.0 Å². The van der Waals surface area contributed by atoms with E-state index in [1.807, 2.05) is 0 Å². The number of carbonyl (C=O) groups excluding carboxylic acids is 1. The van der Waals surface area contributed by atoms with Crippen molar-refractivity contribution in [2.75, 3.05) is 6.54 Å². The van der Waals surface area contributed by atoms with Gasteiger partial charge in [-0.2, -0.15) is 0 Å². The van der Waals surface area contributed by atoms with Crippen molar-refractivity contribution < 1.29 is 9.18 Å². The average molecular weight is 259 g/mol. The van der Waals surface area contributed by atoms with Gasteiger partial charge in [0.1, 0.15) is 5.82 Å². The SMILES string of the molecule is O=C(NCC#Cc1ccccc1F)C1CCCCC1. The van der Waals surface area contributed by atoms with Gasteiger partial charge in [-0.25, -0.2) is 4.39 Å². The van der Waals surface area contributed by atoms with Crippen molar-refractivity contribution in [1.29, 1.82) is 0 Å². The molecule has 2 rings (SSSR count). The summed E-state index contributed by atoms with van der Waals surface area (Å²) in [5.74, 6) is 5.42. The summed E-state index contributed by atoms with van der Waals surface area (Å²) < 4.78 is 13.3. The fraction of sp³-hybridized carbons (Fsp3) is 0.438. The topological polar surface area (TPSA) is 29.1 Å². The zero-order chi connectivity index (χ0) is 13.5. The molecule has 1 amide bonds. The molecule has 1 saturated carbocycles. The lowest BCUT2D eigenvalue weighted by atomic mass is 9.89. The standard InChI is InChI=1S/C16H18FNO/c17-15-11-5-4-7-13(15)10-6-12-18-16(19)14-8-2-1-3-9-14/h4-5,7,11,14H,1-3,8-9,12H2,(H,18,19). The van der Waals surface area contributed by atoms with Gasteiger partial charge >= 0.3 is 0 Å². The van der Waals surface area contributed by atoms with Gasteiger partial charge in [-0.15, -0.1) is 0 Å². The van der Waals surface area contributed by atoms with Crippen molar-refractivity contribution >= 4 is 5.91 Å². The molecule has 3 heteroatoms. The van der Waals surface area contributed by atoms with Crippen molar-refractivity contribution in [2.24, 2.45) is 5.92 Å². The van der Waals surface area contributed by atoms with Crippen molar-refractivity contribution in [3.8, 4) is 11.8 Å². The summed E-state index contributed by atoms with van der Waals surface area (Å²) in [5.41, 5.74) is 0.370. The Bertz CT molecular complexity index is 495. The number of hydrogen-bond acceptors (Lipinski definition) is 1. The second-order valence-electron chi connectivity index (χ2n) is 4.83. The van der Waals surface area contributed by atoms with E-state index in [0.29, 0.717) is 5.56 Å². The van der Waals surface area contributed by atoms with Crippen molar-refractivity contribution in [2.45, 2.75) is 32.1 Å². The lowest BCUT2D eigenvalue weighted by molar-refractivity contribution is -0.125. The second kappa shape index (κ2) is 6.94. The number of amides is 1. The van der Waals surface area contributed by atoms with Crippen LogP contribution in [0.3, 0.4) is 0 Å². The van der Waals surface area contributed by atoms with Gasteiger partial charge < -0.3 is 5.32 Å². The Morgan fingerprint density at radius 3 is 2.74 bits per heavy atom. The molecule has 1 aliphatic carbocycles. The van der Waals surface area contributed by atoms with E-state index in [4.69, 9.17) is 0 Å². The normalized spacial score (nSPS) is 15.4. The lowest BCUT2D eigenvalue weighted by Gasteiger charge is -2.19. The van der Waals surface area contributed by atoms with Crippen molar-refractivity contribution in [1.82, 2.24) is 5.32 Å². The Hall–Kier alpha value is -1.82. The van der Waals surface area contributed by atoms with E-state index in [1.54, 1.807) is 18.2 Å². The molecule has 0 unspecified atom stereocenters. The third-order valence-electron chi connectivity index (χ3n) is 3.42. The fourth-order valence-electron chi connectivity index (χ4n) is 2.34. The van der Waals surface area contributed by atoms with E-state index in [2.05, 4.69) is 17.2 Å². The largest absolute Gasteiger partial charge is 0.345 e. The molecule has 0 aliphatic heterocycles. The number of halogens is 1. The van der Waals surface area contributed by atoms with Gasteiger partial charge in [-0.1, -0.05) is 43.2 Å². The first-order chi connectivity index (χ1) is 9.27. The van der Waals surface area contributed by atoms with Crippen molar-refractivity contribution in [3.63, 3.8) is 0 Å². The highest BCUT2D eigenvalue weighted by Crippen LogP contribution is 2.23. The number of carbonyl (C=O) groups is 1. The molecule has 0 saturated heterocycles. The summed E-state index contributed by atoms with van der Waals surface area (Å²) in [5, 5.41) is 2.81. The molecule has 0 spiro atoms. The summed E-state index contributed by atoms with van der Waals surface area (Å²) in [6, 6.07) is 6.38. The van der Waals surface area contributed by atoms with Crippen LogP contribution in [-0.2, 0) is 4.79 Å². The fourth-order valence-corrected chi connectivity index (χ4v) is 2.34. The monoisotopic (exact) mass is 259 g/mol. The maximum absolute atomic E-state index is 13.3. The van der Waals surface area contributed by atoms with Crippen LogP contribution in [-0.4, -0.2) is 12.5 Å². The molecule has 100 valence electrons. The third-order valence-corrected chi connectivity index (χ3v) is 3.42. The third kappa shape index (κ3) is 4.10. The van der Waals surface area contributed by atoms with Gasteiger partial charge in [0.2, 0.25) is 5.91 Å². The minimum absolute atomic E-state index is 0.0857. The smallest absolute Gasteiger partial charge is 0.223 e. The van der Waals surface area contributed by atoms with E-state index in [9.17, 15) is 9.18 Å². The zero-order valence-corrected chi connectivity index (χ0v) is 10.9. The predicted octanol–water partition coefficient (Wildman–Crippen LogP) is 2.87. The highest BCUT2D eigenvalue weighted by Gasteiger charge is 2.19. The summed E-state index contributed by atoms with van der Waals surface area (Å²) in [4.78, 5) is 11.8. The molecule has 0 heterocycles. The van der Waals surface area contributed by atoms with Gasteiger partial charge in [0.25, 0.3) is 0 Å². The van der Waals surface area contributed by atoms with Crippen LogP contribution in [0.4, 0.5) is 4.39 Å². The van der Waals surface area contributed by atoms with Gasteiger partial charge in [0, 0.05) is 5.92 Å². The number of benzene rings is 1. The highest BCUT2D eigenvalue weighted by molar-refractivity contribution is 5.78. The molecule has 1 N–H and O–H groups in total. The minimum Gasteiger partial charge on any atom is -0.345 e. The maximum Gasteiger partial charge on any atom is 0.223 e. The Kier molecular flexibility index (Phi) is 4.97. The van der Waals surface area contributed by atoms with E-state index < -0.39 is 0 Å². The molecule has 0 bridgehead atoms. The highest BCUT2D eigenvalue weighted by atomic mass is 19.1. The van der Waals surface area contributed by atoms with Crippen LogP contribution in [0.5, 0.6) is 0 Å². The molecular weight excluding hydrogens is 241 g/mol. The number of rotatable bonds is 2. The molecular formula is C16H18FNO. The van der Waals surface area contributed by atoms with Crippen LogP contribution in [0.25, 0.3) is 0 Å². The van der Waals surface area contributed by atoms with E-state index in [1.165, 1.54) is 12.5 Å². The lowest BCUT2D eigenvalue weighted by Crippen LogP contribution is -2.32. The molecule has 1 aliphatic rings. The van der Waals surface area contributed by atoms with Gasteiger partial charge in [0.05, 0.1) is 12.1 Å². The quantitative estimate of drug-likeness (QED) is 0.813. The first-order valence-electron chi connectivity index (χ1n) is 6.78. The maximum atomic E-state index is 13.3. The second-order valence-corrected chi connectivity index (χ2v) is 4.83. The Balaban J connectivity index is 1.80. The Morgan fingerprint density at radius 1 is 1.26 bits per heavy atom. The summed E-state index contributed by atoms with van der Waals surface area (Å²) in [6.45, 7) is 0.281. The van der Waals surface area contributed by atoms with Crippen LogP contribution in [0.15, 0.2) is 24.3 Å². The Labute approximate surface area is 113 Å². The summed E-state index contributed by atoms with van der Waals surface area (Å²) in [7, 11) is 0. The summed E-state index contributed by atoms with van der Waals surface area (Å²) in [6.07, 6.45) is 5.47. The zero-order valence-electron chi connectivity index (χ0n) is 10.9. The van der Waals surface area contributed by atoms with Gasteiger partial charge in [0.15, 0.2) is 0 Å². The molecule has 1 aromatic carbocycles.